The van der Waals surface area contributed by atoms with E-state index in [2.05, 4.69) is 4.74 Å². The molecule has 0 saturated heterocycles. The van der Waals surface area contributed by atoms with Gasteiger partial charge in [0.1, 0.15) is 6.61 Å². The molecular weight excluding hydrogens is 230 g/mol. The number of hydrogen-bond acceptors (Lipinski definition) is 3. The summed E-state index contributed by atoms with van der Waals surface area (Å²) in [6, 6.07) is 3.42. The minimum Gasteiger partial charge on any atom is -0.483 e. The molecule has 0 N–H and O–H groups in total. The Hall–Kier alpha value is -1.91. The molecule has 3 nitrogen and oxygen atoms in total. The molecule has 0 saturated carbocycles. The van der Waals surface area contributed by atoms with Crippen LogP contribution in [0, 0.1) is 11.6 Å². The largest absolute Gasteiger partial charge is 0.483 e. The van der Waals surface area contributed by atoms with E-state index in [9.17, 15) is 13.6 Å². The molecule has 0 aliphatic carbocycles. The van der Waals surface area contributed by atoms with E-state index in [4.69, 9.17) is 4.74 Å². The zero-order valence-electron chi connectivity index (χ0n) is 9.28. The average Bonchev–Trinajstić information content (AvgIpc) is 2.28. The monoisotopic (exact) mass is 242 g/mol. The number of benzene rings is 1. The van der Waals surface area contributed by atoms with Crippen molar-refractivity contribution in [2.24, 2.45) is 0 Å². The molecule has 0 spiro atoms. The number of ether oxygens (including phenoxy) is 2. The standard InChI is InChI=1S/C12H12F2O3/c1-2-16-11(15)7-4-8-17-12-9(13)5-3-6-10(12)14/h3-7H,2,8H2,1H3/b7-4+. The fraction of sp³-hybridized carbons (Fsp3) is 0.250. The van der Waals surface area contributed by atoms with Crippen molar-refractivity contribution in [1.82, 2.24) is 0 Å². The van der Waals surface area contributed by atoms with E-state index in [1.54, 1.807) is 6.92 Å². The molecule has 0 atom stereocenters. The molecule has 0 fully saturated rings. The molecule has 1 rings (SSSR count). The van der Waals surface area contributed by atoms with Gasteiger partial charge in [-0.05, 0) is 25.1 Å². The van der Waals surface area contributed by atoms with Crippen LogP contribution in [0.5, 0.6) is 5.75 Å². The first-order valence-electron chi connectivity index (χ1n) is 5.05. The molecule has 1 aromatic carbocycles. The third kappa shape index (κ3) is 4.22. The van der Waals surface area contributed by atoms with Crippen molar-refractivity contribution in [2.45, 2.75) is 6.92 Å². The number of esters is 1. The minimum absolute atomic E-state index is 0.114. The molecule has 0 aliphatic heterocycles. The summed E-state index contributed by atoms with van der Waals surface area (Å²) in [6.45, 7) is 1.83. The van der Waals surface area contributed by atoms with Crippen molar-refractivity contribution in [3.8, 4) is 5.75 Å². The van der Waals surface area contributed by atoms with Gasteiger partial charge in [-0.3, -0.25) is 0 Å². The van der Waals surface area contributed by atoms with Crippen molar-refractivity contribution in [1.29, 1.82) is 0 Å². The Morgan fingerprint density at radius 3 is 2.59 bits per heavy atom. The van der Waals surface area contributed by atoms with Crippen molar-refractivity contribution in [2.75, 3.05) is 13.2 Å². The van der Waals surface area contributed by atoms with Crippen LogP contribution >= 0.6 is 0 Å². The third-order valence-corrected chi connectivity index (χ3v) is 1.78. The van der Waals surface area contributed by atoms with E-state index in [1.165, 1.54) is 12.1 Å². The van der Waals surface area contributed by atoms with E-state index in [0.717, 1.165) is 18.2 Å². The highest BCUT2D eigenvalue weighted by Gasteiger charge is 2.08. The van der Waals surface area contributed by atoms with Gasteiger partial charge in [-0.15, -0.1) is 0 Å². The van der Waals surface area contributed by atoms with E-state index in [0.29, 0.717) is 0 Å². The van der Waals surface area contributed by atoms with Crippen LogP contribution < -0.4 is 4.74 Å². The molecule has 0 amide bonds. The maximum Gasteiger partial charge on any atom is 0.330 e. The van der Waals surface area contributed by atoms with Gasteiger partial charge >= 0.3 is 5.97 Å². The number of carbonyl (C=O) groups is 1. The van der Waals surface area contributed by atoms with Crippen molar-refractivity contribution in [3.63, 3.8) is 0 Å². The van der Waals surface area contributed by atoms with Crippen LogP contribution in [-0.4, -0.2) is 19.2 Å². The first-order valence-corrected chi connectivity index (χ1v) is 5.05. The van der Waals surface area contributed by atoms with Gasteiger partial charge in [0, 0.05) is 6.08 Å². The smallest absolute Gasteiger partial charge is 0.330 e. The average molecular weight is 242 g/mol. The second-order valence-electron chi connectivity index (χ2n) is 3.02. The minimum atomic E-state index is -0.783. The van der Waals surface area contributed by atoms with Gasteiger partial charge < -0.3 is 9.47 Å². The summed E-state index contributed by atoms with van der Waals surface area (Å²) in [4.78, 5) is 10.9. The van der Waals surface area contributed by atoms with E-state index in [1.807, 2.05) is 0 Å². The highest BCUT2D eigenvalue weighted by molar-refractivity contribution is 5.81. The fourth-order valence-electron chi connectivity index (χ4n) is 1.09. The van der Waals surface area contributed by atoms with Gasteiger partial charge in [0.2, 0.25) is 0 Å². The van der Waals surface area contributed by atoms with Gasteiger partial charge in [0.05, 0.1) is 6.61 Å². The molecule has 0 radical (unpaired) electrons. The summed E-state index contributed by atoms with van der Waals surface area (Å²) in [7, 11) is 0. The molecule has 0 heterocycles. The maximum atomic E-state index is 13.1. The number of hydrogen-bond donors (Lipinski definition) is 0. The summed E-state index contributed by atoms with van der Waals surface area (Å²) >= 11 is 0. The summed E-state index contributed by atoms with van der Waals surface area (Å²) in [5.74, 6) is -2.55. The topological polar surface area (TPSA) is 35.5 Å². The van der Waals surface area contributed by atoms with Crippen molar-refractivity contribution in [3.05, 3.63) is 42.0 Å². The normalized spacial score (nSPS) is 10.5. The molecule has 0 aliphatic rings. The first-order chi connectivity index (χ1) is 8.15. The summed E-state index contributed by atoms with van der Waals surface area (Å²) in [5, 5.41) is 0. The Labute approximate surface area is 97.7 Å². The maximum absolute atomic E-state index is 13.1. The lowest BCUT2D eigenvalue weighted by molar-refractivity contribution is -0.137. The molecular formula is C12H12F2O3. The predicted molar refractivity (Wildman–Crippen MR) is 57.6 cm³/mol. The van der Waals surface area contributed by atoms with Gasteiger partial charge in [0.15, 0.2) is 17.4 Å². The van der Waals surface area contributed by atoms with Crippen LogP contribution in [0.4, 0.5) is 8.78 Å². The van der Waals surface area contributed by atoms with E-state index in [-0.39, 0.29) is 13.2 Å². The molecule has 92 valence electrons. The molecule has 17 heavy (non-hydrogen) atoms. The first kappa shape index (κ1) is 13.2. The third-order valence-electron chi connectivity index (χ3n) is 1.78. The highest BCUT2D eigenvalue weighted by Crippen LogP contribution is 2.20. The fourth-order valence-corrected chi connectivity index (χ4v) is 1.09. The van der Waals surface area contributed by atoms with Crippen LogP contribution in [0.3, 0.4) is 0 Å². The van der Waals surface area contributed by atoms with Gasteiger partial charge in [-0.1, -0.05) is 6.07 Å². The van der Waals surface area contributed by atoms with Crippen LogP contribution in [-0.2, 0) is 9.53 Å². The van der Waals surface area contributed by atoms with E-state index < -0.39 is 23.4 Å². The van der Waals surface area contributed by atoms with Crippen LogP contribution in [0.15, 0.2) is 30.4 Å². The quantitative estimate of drug-likeness (QED) is 0.587. The Balaban J connectivity index is 2.49. The summed E-state index contributed by atoms with van der Waals surface area (Å²) in [5.41, 5.74) is 0. The Morgan fingerprint density at radius 1 is 1.35 bits per heavy atom. The van der Waals surface area contributed by atoms with Gasteiger partial charge in [0.25, 0.3) is 0 Å². The molecule has 0 bridgehead atoms. The Morgan fingerprint density at radius 2 is 2.00 bits per heavy atom. The lowest BCUT2D eigenvalue weighted by atomic mass is 10.3. The molecule has 1 aromatic rings. The number of halogens is 2. The number of rotatable bonds is 5. The summed E-state index contributed by atoms with van der Waals surface area (Å²) in [6.07, 6.45) is 2.46. The van der Waals surface area contributed by atoms with Gasteiger partial charge in [-0.2, -0.15) is 0 Å². The van der Waals surface area contributed by atoms with Crippen LogP contribution in [0.2, 0.25) is 0 Å². The highest BCUT2D eigenvalue weighted by atomic mass is 19.1. The van der Waals surface area contributed by atoms with Crippen LogP contribution in [0.25, 0.3) is 0 Å². The number of para-hydroxylation sites is 1. The zero-order valence-corrected chi connectivity index (χ0v) is 9.28. The predicted octanol–water partition coefficient (Wildman–Crippen LogP) is 2.46. The van der Waals surface area contributed by atoms with Crippen molar-refractivity contribution >= 4 is 5.97 Å². The molecule has 5 heteroatoms. The zero-order chi connectivity index (χ0) is 12.7. The van der Waals surface area contributed by atoms with Crippen molar-refractivity contribution < 1.29 is 23.0 Å². The lowest BCUT2D eigenvalue weighted by Gasteiger charge is -2.05. The second-order valence-corrected chi connectivity index (χ2v) is 3.02. The Kier molecular flexibility index (Phi) is 5.13. The second kappa shape index (κ2) is 6.62. The summed E-state index contributed by atoms with van der Waals surface area (Å²) < 4.78 is 35.6. The lowest BCUT2D eigenvalue weighted by Crippen LogP contribution is -2.02. The van der Waals surface area contributed by atoms with Gasteiger partial charge in [-0.25, -0.2) is 13.6 Å². The molecule has 0 unspecified atom stereocenters. The van der Waals surface area contributed by atoms with Crippen LogP contribution in [0.1, 0.15) is 6.92 Å². The molecule has 0 aromatic heterocycles. The Bertz CT molecular complexity index is 396. The van der Waals surface area contributed by atoms with E-state index >= 15 is 0 Å². The SMILES string of the molecule is CCOC(=O)/C=C/COc1c(F)cccc1F. The number of carbonyl (C=O) groups excluding carboxylic acids is 1.